The molecule has 0 aliphatic carbocycles. The van der Waals surface area contributed by atoms with Gasteiger partial charge in [-0.05, 0) is 61.7 Å². The van der Waals surface area contributed by atoms with Crippen molar-refractivity contribution in [2.24, 2.45) is 0 Å². The Morgan fingerprint density at radius 1 is 1.27 bits per heavy atom. The molecular formula is C26H32IN4O9P. The largest absolute Gasteiger partial charge is 0.462 e. The number of rotatable bonds is 10. The van der Waals surface area contributed by atoms with Gasteiger partial charge in [0.25, 0.3) is 0 Å². The van der Waals surface area contributed by atoms with Gasteiger partial charge in [-0.25, -0.2) is 9.36 Å². The van der Waals surface area contributed by atoms with Gasteiger partial charge in [0, 0.05) is 11.6 Å². The second kappa shape index (κ2) is 12.3. The van der Waals surface area contributed by atoms with Crippen molar-refractivity contribution < 1.29 is 38.1 Å². The van der Waals surface area contributed by atoms with Crippen LogP contribution in [0.5, 0.6) is 5.75 Å². The molecule has 3 aromatic rings. The van der Waals surface area contributed by atoms with Crippen LogP contribution in [-0.2, 0) is 23.4 Å². The minimum atomic E-state index is -4.36. The van der Waals surface area contributed by atoms with Gasteiger partial charge in [0.05, 0.1) is 16.3 Å². The van der Waals surface area contributed by atoms with E-state index in [0.717, 1.165) is 9.95 Å². The number of ether oxygens (including phenoxy) is 2. The molecule has 1 aliphatic rings. The third kappa shape index (κ3) is 6.91. The number of esters is 1. The van der Waals surface area contributed by atoms with Gasteiger partial charge in [0.2, 0.25) is 0 Å². The lowest BCUT2D eigenvalue weighted by molar-refractivity contribution is -0.149. The first-order valence-electron chi connectivity index (χ1n) is 12.7. The average molecular weight is 702 g/mol. The lowest BCUT2D eigenvalue weighted by atomic mass is 9.96. The summed E-state index contributed by atoms with van der Waals surface area (Å²) in [5, 5.41) is 26.1. The molecular weight excluding hydrogens is 670 g/mol. The quantitative estimate of drug-likeness (QED) is 0.138. The number of nitrogens with two attached hydrogens (primary N) is 1. The first-order chi connectivity index (χ1) is 19.2. The minimum absolute atomic E-state index is 0.00707. The number of aliphatic hydroxyl groups is 2. The molecule has 6 atom stereocenters. The molecule has 13 nitrogen and oxygen atoms in total. The van der Waals surface area contributed by atoms with E-state index in [1.165, 1.54) is 20.0 Å². The van der Waals surface area contributed by atoms with E-state index in [1.54, 1.807) is 38.1 Å². The van der Waals surface area contributed by atoms with Gasteiger partial charge in [0.1, 0.15) is 35.4 Å². The van der Waals surface area contributed by atoms with Gasteiger partial charge in [-0.2, -0.15) is 10.1 Å². The van der Waals surface area contributed by atoms with E-state index in [0.29, 0.717) is 8.96 Å². The smallest absolute Gasteiger partial charge is 0.459 e. The highest BCUT2D eigenvalue weighted by Gasteiger charge is 2.54. The van der Waals surface area contributed by atoms with Gasteiger partial charge >= 0.3 is 19.4 Å². The number of fused-ring (bicyclic) bond motifs is 1. The monoisotopic (exact) mass is 702 g/mol. The van der Waals surface area contributed by atoms with E-state index in [2.05, 4.69) is 10.1 Å². The van der Waals surface area contributed by atoms with Crippen molar-refractivity contribution in [2.45, 2.75) is 63.9 Å². The van der Waals surface area contributed by atoms with Crippen molar-refractivity contribution >= 4 is 52.9 Å². The average Bonchev–Trinajstić information content (AvgIpc) is 3.13. The van der Waals surface area contributed by atoms with Crippen LogP contribution in [-0.4, -0.2) is 62.3 Å². The second-order valence-electron chi connectivity index (χ2n) is 10.1. The molecule has 0 unspecified atom stereocenters. The Hall–Kier alpha value is -2.59. The van der Waals surface area contributed by atoms with E-state index >= 15 is 0 Å². The number of halogens is 1. The summed E-state index contributed by atoms with van der Waals surface area (Å²) in [7, 11) is -4.36. The lowest BCUT2D eigenvalue weighted by Crippen LogP contribution is -2.46. The zero-order chi connectivity index (χ0) is 30.1. The molecule has 1 aliphatic heterocycles. The number of nitrogen functional groups attached to an aromatic ring is 1. The van der Waals surface area contributed by atoms with Crippen LogP contribution in [0.4, 0.5) is 5.82 Å². The Labute approximate surface area is 249 Å². The maximum absolute atomic E-state index is 14.1. The van der Waals surface area contributed by atoms with E-state index in [9.17, 15) is 24.4 Å². The number of hydrogen-bond donors (Lipinski definition) is 4. The number of hydrogen-bond acceptors (Lipinski definition) is 11. The molecule has 222 valence electrons. The molecule has 0 saturated carbocycles. The van der Waals surface area contributed by atoms with E-state index in [4.69, 9.17) is 24.3 Å². The van der Waals surface area contributed by atoms with Crippen molar-refractivity contribution in [3.05, 3.63) is 62.7 Å². The van der Waals surface area contributed by atoms with Gasteiger partial charge in [-0.3, -0.25) is 13.9 Å². The zero-order valence-electron chi connectivity index (χ0n) is 22.8. The number of nitrogens with one attached hydrogen (secondary N) is 1. The molecule has 5 N–H and O–H groups in total. The summed E-state index contributed by atoms with van der Waals surface area (Å²) < 4.78 is 38.2. The normalized spacial score (nSPS) is 24.7. The molecule has 4 rings (SSSR count). The van der Waals surface area contributed by atoms with Crippen LogP contribution in [0, 0.1) is 3.57 Å². The zero-order valence-corrected chi connectivity index (χ0v) is 25.8. The number of benzene rings is 2. The first kappa shape index (κ1) is 31.3. The predicted octanol–water partition coefficient (Wildman–Crippen LogP) is 2.73. The third-order valence-electron chi connectivity index (χ3n) is 6.38. The van der Waals surface area contributed by atoms with Gasteiger partial charge in [-0.15, -0.1) is 0 Å². The molecule has 1 fully saturated rings. The predicted molar refractivity (Wildman–Crippen MR) is 158 cm³/mol. The Bertz CT molecular complexity index is 1530. The second-order valence-corrected chi connectivity index (χ2v) is 12.9. The molecule has 41 heavy (non-hydrogen) atoms. The van der Waals surface area contributed by atoms with Crippen LogP contribution in [0.3, 0.4) is 0 Å². The van der Waals surface area contributed by atoms with Gasteiger partial charge < -0.3 is 29.9 Å². The Morgan fingerprint density at radius 2 is 1.95 bits per heavy atom. The molecule has 0 bridgehead atoms. The van der Waals surface area contributed by atoms with Crippen LogP contribution < -0.4 is 21.0 Å². The summed E-state index contributed by atoms with van der Waals surface area (Å²) in [5.74, 6) is -0.460. The van der Waals surface area contributed by atoms with E-state index < -0.39 is 62.2 Å². The minimum Gasteiger partial charge on any atom is -0.462 e. The Balaban J connectivity index is 1.60. The summed E-state index contributed by atoms with van der Waals surface area (Å²) in [6.45, 7) is 5.53. The Morgan fingerprint density at radius 3 is 2.66 bits per heavy atom. The molecule has 2 aromatic carbocycles. The first-order valence-corrected chi connectivity index (χ1v) is 15.3. The fraction of sp³-hybridized carbons (Fsp3) is 0.423. The van der Waals surface area contributed by atoms with Crippen molar-refractivity contribution in [3.63, 3.8) is 0 Å². The summed E-state index contributed by atoms with van der Waals surface area (Å²) in [5.41, 5.74) is 2.93. The molecule has 0 spiro atoms. The van der Waals surface area contributed by atoms with Crippen molar-refractivity contribution in [2.75, 3.05) is 12.3 Å². The molecule has 1 aromatic heterocycles. The maximum Gasteiger partial charge on any atom is 0.459 e. The molecule has 2 heterocycles. The number of aliphatic hydroxyl groups excluding tert-OH is 1. The van der Waals surface area contributed by atoms with E-state index in [1.807, 2.05) is 40.8 Å². The number of nitrogens with zero attached hydrogens (tertiary/aromatic N) is 2. The third-order valence-corrected chi connectivity index (χ3v) is 8.84. The van der Waals surface area contributed by atoms with Crippen LogP contribution in [0.25, 0.3) is 10.8 Å². The summed E-state index contributed by atoms with van der Waals surface area (Å²) in [6, 6.07) is 11.3. The SMILES string of the molecule is CC(C)OC(=O)[C@@H](C)N[P@](=O)(OC[C@H]1O[C@@H](n2cc(I)c(N)nc2=O)[C@](C)(O)[C@@H]1O)Oc1cccc2ccccc12. The summed E-state index contributed by atoms with van der Waals surface area (Å²) >= 11 is 1.87. The fourth-order valence-electron chi connectivity index (χ4n) is 4.29. The molecule has 0 amide bonds. The number of carbonyl (C=O) groups is 1. The van der Waals surface area contributed by atoms with Gasteiger partial charge in [-0.1, -0.05) is 36.4 Å². The molecule has 0 radical (unpaired) electrons. The highest BCUT2D eigenvalue weighted by atomic mass is 127. The van der Waals surface area contributed by atoms with Crippen molar-refractivity contribution in [1.29, 1.82) is 0 Å². The topological polar surface area (TPSA) is 184 Å². The lowest BCUT2D eigenvalue weighted by Gasteiger charge is -2.27. The van der Waals surface area contributed by atoms with Crippen LogP contribution in [0.15, 0.2) is 53.5 Å². The van der Waals surface area contributed by atoms with Crippen molar-refractivity contribution in [3.8, 4) is 5.75 Å². The summed E-state index contributed by atoms with van der Waals surface area (Å²) in [4.78, 5) is 28.7. The molecule has 15 heteroatoms. The standard InChI is InChI=1S/C26H32IN4O9P/c1-14(2)38-23(33)15(3)30-41(36,40-19-11-7-9-16-8-5-6-10-17(16)19)37-13-20-21(32)26(4,35)24(39-20)31-12-18(27)22(28)29-25(31)34/h5-12,14-15,20-21,24,32,35H,13H2,1-4H3,(H,30,36)(H2,28,29,34)/t15-,20-,21-,24-,26-,41+/m1/s1. The summed E-state index contributed by atoms with van der Waals surface area (Å²) in [6.07, 6.45) is -3.28. The number of aromatic nitrogens is 2. The highest BCUT2D eigenvalue weighted by Crippen LogP contribution is 2.48. The van der Waals surface area contributed by atoms with Crippen LogP contribution >= 0.6 is 30.3 Å². The molecule has 1 saturated heterocycles. The fourth-order valence-corrected chi connectivity index (χ4v) is 6.24. The maximum atomic E-state index is 14.1. The van der Waals surface area contributed by atoms with Crippen molar-refractivity contribution in [1.82, 2.24) is 14.6 Å². The van der Waals surface area contributed by atoms with E-state index in [-0.39, 0.29) is 11.6 Å². The number of anilines is 1. The van der Waals surface area contributed by atoms with Gasteiger partial charge in [0.15, 0.2) is 6.23 Å². The number of carbonyl (C=O) groups excluding carboxylic acids is 1. The van der Waals surface area contributed by atoms with Crippen LogP contribution in [0.1, 0.15) is 33.9 Å². The van der Waals surface area contributed by atoms with Crippen LogP contribution in [0.2, 0.25) is 0 Å². The Kier molecular flexibility index (Phi) is 9.43. The highest BCUT2D eigenvalue weighted by molar-refractivity contribution is 14.1.